The lowest BCUT2D eigenvalue weighted by Crippen LogP contribution is -2.19. The van der Waals surface area contributed by atoms with E-state index < -0.39 is 0 Å². The van der Waals surface area contributed by atoms with Gasteiger partial charge in [0.05, 0.1) is 7.11 Å². The van der Waals surface area contributed by atoms with E-state index in [2.05, 4.69) is 30.4 Å². The third-order valence-electron chi connectivity index (χ3n) is 5.09. The molecule has 5 heteroatoms. The zero-order chi connectivity index (χ0) is 22.1. The van der Waals surface area contributed by atoms with Crippen molar-refractivity contribution in [3.05, 3.63) is 98.4 Å². The normalized spacial score (nSPS) is 11.2. The molecule has 4 nitrogen and oxygen atoms in total. The van der Waals surface area contributed by atoms with Crippen molar-refractivity contribution in [1.82, 2.24) is 9.88 Å². The van der Waals surface area contributed by atoms with Gasteiger partial charge in [-0.2, -0.15) is 0 Å². The molecule has 0 atom stereocenters. The molecule has 0 fully saturated rings. The second-order valence-electron chi connectivity index (χ2n) is 7.45. The van der Waals surface area contributed by atoms with Gasteiger partial charge in [-0.15, -0.1) is 0 Å². The third kappa shape index (κ3) is 6.84. The Kier molecular flexibility index (Phi) is 8.51. The second-order valence-corrected chi connectivity index (χ2v) is 7.89. The molecular formula is C26H29ClN2O2. The maximum Gasteiger partial charge on any atom is 0.251 e. The molecule has 0 spiro atoms. The summed E-state index contributed by atoms with van der Waals surface area (Å²) in [6, 6.07) is 17.5. The van der Waals surface area contributed by atoms with Crippen molar-refractivity contribution < 1.29 is 4.74 Å². The number of aryl methyl sites for hydroxylation is 2. The van der Waals surface area contributed by atoms with E-state index in [4.69, 9.17) is 16.3 Å². The van der Waals surface area contributed by atoms with Crippen molar-refractivity contribution in [1.29, 1.82) is 0 Å². The van der Waals surface area contributed by atoms with Crippen LogP contribution < -0.4 is 15.6 Å². The molecule has 0 aliphatic heterocycles. The van der Waals surface area contributed by atoms with Crippen LogP contribution in [-0.2, 0) is 19.5 Å². The largest absolute Gasteiger partial charge is 0.496 e. The highest BCUT2D eigenvalue weighted by molar-refractivity contribution is 6.30. The van der Waals surface area contributed by atoms with Crippen LogP contribution in [0.15, 0.2) is 65.6 Å². The fourth-order valence-electron chi connectivity index (χ4n) is 3.32. The fraction of sp³-hybridized carbons (Fsp3) is 0.269. The summed E-state index contributed by atoms with van der Waals surface area (Å²) >= 11 is 5.91. The topological polar surface area (TPSA) is 43.3 Å². The highest BCUT2D eigenvalue weighted by atomic mass is 35.5. The molecular weight excluding hydrogens is 408 g/mol. The van der Waals surface area contributed by atoms with Crippen LogP contribution in [0, 0.1) is 0 Å². The fourth-order valence-corrected chi connectivity index (χ4v) is 3.44. The zero-order valence-electron chi connectivity index (χ0n) is 18.1. The van der Waals surface area contributed by atoms with Crippen molar-refractivity contribution in [3.63, 3.8) is 0 Å². The van der Waals surface area contributed by atoms with Crippen LogP contribution in [-0.4, -0.2) is 18.2 Å². The minimum atomic E-state index is -0.00870. The summed E-state index contributed by atoms with van der Waals surface area (Å²) in [7, 11) is 1.70. The molecule has 31 heavy (non-hydrogen) atoms. The maximum atomic E-state index is 12.5. The molecule has 0 unspecified atom stereocenters. The van der Waals surface area contributed by atoms with Crippen molar-refractivity contribution in [3.8, 4) is 5.75 Å². The van der Waals surface area contributed by atoms with Crippen molar-refractivity contribution >= 4 is 23.8 Å². The molecule has 0 radical (unpaired) electrons. The van der Waals surface area contributed by atoms with Crippen LogP contribution in [0.4, 0.5) is 0 Å². The van der Waals surface area contributed by atoms with Crippen molar-refractivity contribution in [2.75, 3.05) is 13.7 Å². The Morgan fingerprint density at radius 1 is 1.03 bits per heavy atom. The summed E-state index contributed by atoms with van der Waals surface area (Å²) in [5, 5.41) is 4.11. The van der Waals surface area contributed by atoms with Gasteiger partial charge in [-0.25, -0.2) is 0 Å². The Morgan fingerprint density at radius 2 is 1.81 bits per heavy atom. The van der Waals surface area contributed by atoms with E-state index in [1.807, 2.05) is 48.7 Å². The molecule has 0 saturated carbocycles. The Morgan fingerprint density at radius 3 is 2.52 bits per heavy atom. The lowest BCUT2D eigenvalue weighted by Gasteiger charge is -2.12. The minimum Gasteiger partial charge on any atom is -0.496 e. The van der Waals surface area contributed by atoms with E-state index in [-0.39, 0.29) is 5.56 Å². The monoisotopic (exact) mass is 436 g/mol. The van der Waals surface area contributed by atoms with Gasteiger partial charge in [0.25, 0.3) is 5.56 Å². The van der Waals surface area contributed by atoms with Gasteiger partial charge >= 0.3 is 0 Å². The number of aromatic nitrogens is 1. The number of nitrogens with zero attached hydrogens (tertiary/aromatic N) is 1. The van der Waals surface area contributed by atoms with Crippen LogP contribution in [0.2, 0.25) is 5.02 Å². The third-order valence-corrected chi connectivity index (χ3v) is 5.35. The first kappa shape index (κ1) is 22.9. The van der Waals surface area contributed by atoms with Gasteiger partial charge in [0, 0.05) is 35.9 Å². The van der Waals surface area contributed by atoms with Gasteiger partial charge in [-0.05, 0) is 60.3 Å². The molecule has 1 heterocycles. The number of benzene rings is 2. The first-order valence-corrected chi connectivity index (χ1v) is 11.0. The molecule has 2 aromatic carbocycles. The number of rotatable bonds is 10. The van der Waals surface area contributed by atoms with Crippen molar-refractivity contribution in [2.24, 2.45) is 0 Å². The number of ether oxygens (including phenoxy) is 1. The summed E-state index contributed by atoms with van der Waals surface area (Å²) in [5.41, 5.74) is 4.20. The predicted octanol–water partition coefficient (Wildman–Crippen LogP) is 5.42. The molecule has 1 N–H and O–H groups in total. The van der Waals surface area contributed by atoms with Gasteiger partial charge < -0.3 is 14.6 Å². The van der Waals surface area contributed by atoms with Crippen LogP contribution in [0.1, 0.15) is 35.6 Å². The summed E-state index contributed by atoms with van der Waals surface area (Å²) in [5.74, 6) is 0.885. The average molecular weight is 437 g/mol. The van der Waals surface area contributed by atoms with E-state index in [0.717, 1.165) is 53.9 Å². The van der Waals surface area contributed by atoms with Gasteiger partial charge in [0.1, 0.15) is 5.75 Å². The number of methoxy groups -OCH3 is 1. The summed E-state index contributed by atoms with van der Waals surface area (Å²) in [6.45, 7) is 4.55. The lowest BCUT2D eigenvalue weighted by atomic mass is 10.1. The SMILES string of the molecule is CCCNCc1ccc(CCn2ccc(C=Cc3ccc(Cl)cc3)cc2=O)cc1OC. The molecule has 0 aliphatic carbocycles. The number of pyridine rings is 1. The Balaban J connectivity index is 1.62. The summed E-state index contributed by atoms with van der Waals surface area (Å²) in [6.07, 6.45) is 7.62. The Labute approximate surface area is 189 Å². The highest BCUT2D eigenvalue weighted by Gasteiger charge is 2.05. The molecule has 0 saturated heterocycles. The molecule has 0 aliphatic rings. The van der Waals surface area contributed by atoms with Gasteiger partial charge in [0.2, 0.25) is 0 Å². The van der Waals surface area contributed by atoms with E-state index in [1.54, 1.807) is 17.7 Å². The first-order valence-electron chi connectivity index (χ1n) is 10.6. The Bertz CT molecular complexity index is 1070. The Hall–Kier alpha value is -2.82. The highest BCUT2D eigenvalue weighted by Crippen LogP contribution is 2.21. The first-order chi connectivity index (χ1) is 15.1. The average Bonchev–Trinajstić information content (AvgIpc) is 2.78. The van der Waals surface area contributed by atoms with E-state index >= 15 is 0 Å². The second kappa shape index (κ2) is 11.5. The maximum absolute atomic E-state index is 12.5. The van der Waals surface area contributed by atoms with E-state index in [1.165, 1.54) is 0 Å². The number of nitrogens with one attached hydrogen (secondary N) is 1. The summed E-state index contributed by atoms with van der Waals surface area (Å²) in [4.78, 5) is 12.5. The van der Waals surface area contributed by atoms with Gasteiger partial charge in [0.15, 0.2) is 0 Å². The van der Waals surface area contributed by atoms with Crippen molar-refractivity contribution in [2.45, 2.75) is 32.9 Å². The predicted molar refractivity (Wildman–Crippen MR) is 130 cm³/mol. The lowest BCUT2D eigenvalue weighted by molar-refractivity contribution is 0.407. The van der Waals surface area contributed by atoms with Gasteiger partial charge in [-0.3, -0.25) is 4.79 Å². The molecule has 1 aromatic heterocycles. The number of halogens is 1. The van der Waals surface area contributed by atoms with E-state index in [9.17, 15) is 4.79 Å². The molecule has 3 rings (SSSR count). The number of hydrogen-bond donors (Lipinski definition) is 1. The molecule has 162 valence electrons. The summed E-state index contributed by atoms with van der Waals surface area (Å²) < 4.78 is 7.29. The quantitative estimate of drug-likeness (QED) is 0.431. The zero-order valence-corrected chi connectivity index (χ0v) is 18.9. The minimum absolute atomic E-state index is 0.00870. The smallest absolute Gasteiger partial charge is 0.251 e. The van der Waals surface area contributed by atoms with Crippen LogP contribution >= 0.6 is 11.6 Å². The van der Waals surface area contributed by atoms with E-state index in [0.29, 0.717) is 11.6 Å². The van der Waals surface area contributed by atoms with Crippen LogP contribution in [0.25, 0.3) is 12.2 Å². The standard InChI is InChI=1S/C26H29ClN2O2/c1-3-14-28-19-23-9-6-21(17-25(23)31-2)12-15-29-16-13-22(18-26(29)30)5-4-20-7-10-24(27)11-8-20/h4-11,13,16-18,28H,3,12,14-15,19H2,1-2H3. The molecule has 3 aromatic rings. The van der Waals surface area contributed by atoms with Crippen LogP contribution in [0.3, 0.4) is 0 Å². The van der Waals surface area contributed by atoms with Crippen LogP contribution in [0.5, 0.6) is 5.75 Å². The molecule has 0 bridgehead atoms. The number of hydrogen-bond acceptors (Lipinski definition) is 3. The molecule has 0 amide bonds. The van der Waals surface area contributed by atoms with Gasteiger partial charge in [-0.1, -0.05) is 54.9 Å².